The minimum atomic E-state index is -4.81. The van der Waals surface area contributed by atoms with E-state index in [0.717, 1.165) is 12.1 Å². The van der Waals surface area contributed by atoms with E-state index in [1.807, 2.05) is 0 Å². The summed E-state index contributed by atoms with van der Waals surface area (Å²) in [7, 11) is -4.81. The molecule has 2 aliphatic heterocycles. The van der Waals surface area contributed by atoms with Gasteiger partial charge >= 0.3 is 0 Å². The lowest BCUT2D eigenvalue weighted by Crippen LogP contribution is -2.62. The van der Waals surface area contributed by atoms with Crippen LogP contribution >= 0.6 is 0 Å². The fourth-order valence-corrected chi connectivity index (χ4v) is 6.17. The third kappa shape index (κ3) is 3.70. The van der Waals surface area contributed by atoms with Gasteiger partial charge in [-0.15, -0.1) is 0 Å². The fraction of sp³-hybridized carbons (Fsp3) is 0.333. The molecule has 7 nitrogen and oxygen atoms in total. The predicted molar refractivity (Wildman–Crippen MR) is 110 cm³/mol. The summed E-state index contributed by atoms with van der Waals surface area (Å²) < 4.78 is 116. The van der Waals surface area contributed by atoms with Gasteiger partial charge in [-0.2, -0.15) is 4.31 Å². The van der Waals surface area contributed by atoms with Crippen molar-refractivity contribution < 1.29 is 39.5 Å². The minimum absolute atomic E-state index is 0.0105. The maximum absolute atomic E-state index is 15.6. The average Bonchev–Trinajstić information content (AvgIpc) is 3.25. The standard InChI is InChI=1S/C21H16F6N4O3S/c22-11-1-2-16(20(27)19(11)26)35(32,33)31-5-6-34-21(31)3-4-30(10-17(21)25)18-9-28-14-7-12(23)13(24)8-15(14)29-18/h1-2,7-9,17H,3-6,10H2/t17-,21+/m1/s1. The van der Waals surface area contributed by atoms with Gasteiger partial charge in [-0.1, -0.05) is 0 Å². The van der Waals surface area contributed by atoms with Gasteiger partial charge in [0.2, 0.25) is 10.0 Å². The second-order valence-electron chi connectivity index (χ2n) is 8.09. The Morgan fingerprint density at radius 2 is 1.69 bits per heavy atom. The lowest BCUT2D eigenvalue weighted by atomic mass is 9.98. The van der Waals surface area contributed by atoms with E-state index in [9.17, 15) is 30.4 Å². The van der Waals surface area contributed by atoms with E-state index >= 15 is 4.39 Å². The van der Waals surface area contributed by atoms with E-state index in [1.54, 1.807) is 0 Å². The van der Waals surface area contributed by atoms with Crippen molar-refractivity contribution >= 4 is 26.9 Å². The van der Waals surface area contributed by atoms with Crippen LogP contribution in [0.3, 0.4) is 0 Å². The Bertz CT molecular complexity index is 1440. The molecule has 3 heterocycles. The zero-order chi connectivity index (χ0) is 25.1. The number of halogens is 6. The van der Waals surface area contributed by atoms with E-state index in [4.69, 9.17) is 4.74 Å². The van der Waals surface area contributed by atoms with Gasteiger partial charge in [0.1, 0.15) is 10.7 Å². The highest BCUT2D eigenvalue weighted by molar-refractivity contribution is 7.89. The average molecular weight is 518 g/mol. The van der Waals surface area contributed by atoms with Crippen molar-refractivity contribution in [1.82, 2.24) is 14.3 Å². The van der Waals surface area contributed by atoms with Crippen LogP contribution < -0.4 is 4.90 Å². The molecule has 2 fully saturated rings. The highest BCUT2D eigenvalue weighted by atomic mass is 32.2. The van der Waals surface area contributed by atoms with E-state index in [2.05, 4.69) is 9.97 Å². The monoisotopic (exact) mass is 518 g/mol. The van der Waals surface area contributed by atoms with E-state index in [0.29, 0.717) is 16.4 Å². The number of nitrogens with zero attached hydrogens (tertiary/aromatic N) is 4. The van der Waals surface area contributed by atoms with Crippen molar-refractivity contribution in [2.45, 2.75) is 23.2 Å². The van der Waals surface area contributed by atoms with Gasteiger partial charge in [-0.3, -0.25) is 4.98 Å². The van der Waals surface area contributed by atoms with Gasteiger partial charge in [0.25, 0.3) is 0 Å². The van der Waals surface area contributed by atoms with Crippen LogP contribution in [0.1, 0.15) is 6.42 Å². The number of ether oxygens (including phenoxy) is 1. The second kappa shape index (κ2) is 8.31. The first-order valence-corrected chi connectivity index (χ1v) is 11.8. The molecule has 0 aliphatic carbocycles. The molecule has 1 spiro atoms. The molecule has 2 aromatic carbocycles. The fourth-order valence-electron chi connectivity index (χ4n) is 4.40. The second-order valence-corrected chi connectivity index (χ2v) is 9.92. The molecule has 35 heavy (non-hydrogen) atoms. The summed E-state index contributed by atoms with van der Waals surface area (Å²) in [5.74, 6) is -7.52. The van der Waals surface area contributed by atoms with Gasteiger partial charge in [-0.05, 0) is 12.1 Å². The maximum atomic E-state index is 15.6. The first-order chi connectivity index (χ1) is 16.5. The molecule has 0 bridgehead atoms. The van der Waals surface area contributed by atoms with Gasteiger partial charge in [0.15, 0.2) is 41.0 Å². The van der Waals surface area contributed by atoms with Crippen molar-refractivity contribution in [2.24, 2.45) is 0 Å². The highest BCUT2D eigenvalue weighted by Gasteiger charge is 2.57. The number of hydrogen-bond acceptors (Lipinski definition) is 6. The number of piperidine rings is 1. The lowest BCUT2D eigenvalue weighted by molar-refractivity contribution is -0.116. The number of fused-ring (bicyclic) bond motifs is 1. The third-order valence-corrected chi connectivity index (χ3v) is 8.08. The Morgan fingerprint density at radius 1 is 0.971 bits per heavy atom. The molecule has 0 radical (unpaired) electrons. The molecular weight excluding hydrogens is 502 g/mol. The van der Waals surface area contributed by atoms with Crippen LogP contribution in [-0.4, -0.2) is 60.8 Å². The maximum Gasteiger partial charge on any atom is 0.248 e. The molecule has 0 unspecified atom stereocenters. The smallest absolute Gasteiger partial charge is 0.248 e. The van der Waals surface area contributed by atoms with E-state index in [-0.39, 0.29) is 43.0 Å². The number of alkyl halides is 1. The number of sulfonamides is 1. The Balaban J connectivity index is 1.44. The topological polar surface area (TPSA) is 75.6 Å². The molecule has 0 amide bonds. The number of aromatic nitrogens is 2. The number of rotatable bonds is 3. The third-order valence-electron chi connectivity index (χ3n) is 6.14. The molecule has 5 rings (SSSR count). The van der Waals surface area contributed by atoms with Gasteiger partial charge in [0.05, 0.1) is 30.4 Å². The minimum Gasteiger partial charge on any atom is -0.355 e. The quantitative estimate of drug-likeness (QED) is 0.392. The Hall–Kier alpha value is -2.97. The van der Waals surface area contributed by atoms with Crippen molar-refractivity contribution in [1.29, 1.82) is 0 Å². The SMILES string of the molecule is O=S(=O)(c1ccc(F)c(F)c1F)N1CCO[C@]12CCN(c1cnc3cc(F)c(F)cc3n1)C[C@H]2F. The van der Waals surface area contributed by atoms with Crippen LogP contribution in [0.15, 0.2) is 35.4 Å². The van der Waals surface area contributed by atoms with Crippen LogP contribution in [0, 0.1) is 29.1 Å². The highest BCUT2D eigenvalue weighted by Crippen LogP contribution is 2.41. The molecule has 14 heteroatoms. The Labute approximate surface area is 195 Å². The summed E-state index contributed by atoms with van der Waals surface area (Å²) in [6.07, 6.45) is -0.953. The van der Waals surface area contributed by atoms with Crippen molar-refractivity contribution in [3.8, 4) is 0 Å². The first kappa shape index (κ1) is 23.8. The summed E-state index contributed by atoms with van der Waals surface area (Å²) in [4.78, 5) is 8.49. The van der Waals surface area contributed by atoms with Crippen molar-refractivity contribution in [3.05, 3.63) is 59.5 Å². The number of anilines is 1. The summed E-state index contributed by atoms with van der Waals surface area (Å²) >= 11 is 0. The molecule has 186 valence electrons. The molecule has 0 saturated carbocycles. The normalized spacial score (nSPS) is 23.5. The summed E-state index contributed by atoms with van der Waals surface area (Å²) in [6.45, 7) is -0.944. The zero-order valence-electron chi connectivity index (χ0n) is 17.7. The van der Waals surface area contributed by atoms with Crippen LogP contribution in [0.25, 0.3) is 11.0 Å². The Morgan fingerprint density at radius 3 is 2.40 bits per heavy atom. The van der Waals surface area contributed by atoms with Crippen molar-refractivity contribution in [2.75, 3.05) is 31.1 Å². The molecule has 1 aromatic heterocycles. The molecule has 2 saturated heterocycles. The number of hydrogen-bond donors (Lipinski definition) is 0. The van der Waals surface area contributed by atoms with E-state index < -0.39 is 62.4 Å². The van der Waals surface area contributed by atoms with E-state index in [1.165, 1.54) is 11.1 Å². The van der Waals surface area contributed by atoms with Crippen molar-refractivity contribution in [3.63, 3.8) is 0 Å². The molecule has 2 atom stereocenters. The van der Waals surface area contributed by atoms with Crippen LogP contribution in [0.4, 0.5) is 32.2 Å². The lowest BCUT2D eigenvalue weighted by Gasteiger charge is -2.45. The van der Waals surface area contributed by atoms with Crippen LogP contribution in [0.5, 0.6) is 0 Å². The molecular formula is C21H16F6N4O3S. The molecule has 2 aliphatic rings. The van der Waals surface area contributed by atoms with Crippen LogP contribution in [0.2, 0.25) is 0 Å². The van der Waals surface area contributed by atoms with Crippen LogP contribution in [-0.2, 0) is 14.8 Å². The summed E-state index contributed by atoms with van der Waals surface area (Å²) in [5, 5.41) is 0. The van der Waals surface area contributed by atoms with Gasteiger partial charge in [0, 0.05) is 31.6 Å². The summed E-state index contributed by atoms with van der Waals surface area (Å²) in [5.41, 5.74) is -1.89. The van der Waals surface area contributed by atoms with Gasteiger partial charge < -0.3 is 9.64 Å². The van der Waals surface area contributed by atoms with Gasteiger partial charge in [-0.25, -0.2) is 39.7 Å². The largest absolute Gasteiger partial charge is 0.355 e. The first-order valence-electron chi connectivity index (χ1n) is 10.4. The summed E-state index contributed by atoms with van der Waals surface area (Å²) in [6, 6.07) is 2.77. The Kier molecular flexibility index (Phi) is 5.64. The number of benzene rings is 2. The zero-order valence-corrected chi connectivity index (χ0v) is 18.5. The molecule has 0 N–H and O–H groups in total. The predicted octanol–water partition coefficient (Wildman–Crippen LogP) is 3.29. The molecule has 3 aromatic rings.